The Kier molecular flexibility index (Phi) is 6.49. The number of allylic oxidation sites excluding steroid dienone is 1. The molecule has 0 aromatic carbocycles. The second-order valence-electron chi connectivity index (χ2n) is 10.3. The van der Waals surface area contributed by atoms with Gasteiger partial charge in [0.1, 0.15) is 0 Å². The van der Waals surface area contributed by atoms with Gasteiger partial charge in [-0.15, -0.1) is 0 Å². The normalized spacial score (nSPS) is 33.9. The van der Waals surface area contributed by atoms with E-state index >= 15 is 0 Å². The predicted molar refractivity (Wildman–Crippen MR) is 111 cm³/mol. The van der Waals surface area contributed by atoms with Gasteiger partial charge in [-0.25, -0.2) is 4.79 Å². The summed E-state index contributed by atoms with van der Waals surface area (Å²) < 4.78 is 11.7. The summed E-state index contributed by atoms with van der Waals surface area (Å²) in [4.78, 5) is 11.5. The molecule has 0 aromatic heterocycles. The molecule has 4 heteroatoms. The maximum atomic E-state index is 11.5. The van der Waals surface area contributed by atoms with Crippen LogP contribution in [0.25, 0.3) is 0 Å². The van der Waals surface area contributed by atoms with Crippen LogP contribution in [0.1, 0.15) is 66.7 Å². The number of methoxy groups -OCH3 is 1. The van der Waals surface area contributed by atoms with Gasteiger partial charge in [0.15, 0.2) is 8.32 Å². The average Bonchev–Trinajstić information content (AvgIpc) is 2.89. The van der Waals surface area contributed by atoms with E-state index in [1.54, 1.807) is 6.08 Å². The molecular weight excluding hydrogens is 340 g/mol. The molecule has 2 aliphatic rings. The van der Waals surface area contributed by atoms with Gasteiger partial charge >= 0.3 is 5.97 Å². The summed E-state index contributed by atoms with van der Waals surface area (Å²) in [6, 6.07) is 0. The lowest BCUT2D eigenvalue weighted by atomic mass is 9.62. The molecule has 26 heavy (non-hydrogen) atoms. The molecule has 2 fully saturated rings. The summed E-state index contributed by atoms with van der Waals surface area (Å²) in [6.07, 6.45) is 10.3. The Bertz CT molecular complexity index is 534. The molecule has 0 aliphatic heterocycles. The smallest absolute Gasteiger partial charge is 0.330 e. The van der Waals surface area contributed by atoms with E-state index in [0.717, 1.165) is 0 Å². The Labute approximate surface area is 162 Å². The Balaban J connectivity index is 2.15. The van der Waals surface area contributed by atoms with Crippen LogP contribution in [0.15, 0.2) is 12.2 Å². The minimum atomic E-state index is -1.74. The van der Waals surface area contributed by atoms with E-state index in [-0.39, 0.29) is 11.0 Å². The standard InChI is InChI=1S/C22H40O3Si/c1-16(11-14-20(23)24-6)17-12-13-18-19(10-9-15-22(17,18)5)25-26(7,8)21(2,3)4/h11,14,16-19H,9-10,12-13,15H2,1-8H3/b14-11+/t16-,17-,18+,19-,22-/m1/s1. The first-order chi connectivity index (χ1) is 11.9. The fourth-order valence-electron chi connectivity index (χ4n) is 5.15. The fraction of sp³-hybridized carbons (Fsp3) is 0.864. The van der Waals surface area contributed by atoms with E-state index in [9.17, 15) is 4.79 Å². The average molecular weight is 381 g/mol. The third-order valence-corrected chi connectivity index (χ3v) is 12.3. The summed E-state index contributed by atoms with van der Waals surface area (Å²) in [6.45, 7) is 16.5. The van der Waals surface area contributed by atoms with Crippen LogP contribution in [0.3, 0.4) is 0 Å². The highest BCUT2D eigenvalue weighted by molar-refractivity contribution is 6.74. The van der Waals surface area contributed by atoms with Gasteiger partial charge in [0.05, 0.1) is 7.11 Å². The molecule has 0 aromatic rings. The molecule has 3 nitrogen and oxygen atoms in total. The van der Waals surface area contributed by atoms with Crippen LogP contribution in [0, 0.1) is 23.2 Å². The van der Waals surface area contributed by atoms with Gasteiger partial charge in [-0.1, -0.05) is 47.1 Å². The molecule has 2 aliphatic carbocycles. The van der Waals surface area contributed by atoms with Crippen molar-refractivity contribution in [3.05, 3.63) is 12.2 Å². The molecule has 2 saturated carbocycles. The summed E-state index contributed by atoms with van der Waals surface area (Å²) in [5.41, 5.74) is 0.325. The Hall–Kier alpha value is -0.613. The van der Waals surface area contributed by atoms with Crippen molar-refractivity contribution in [2.24, 2.45) is 23.2 Å². The van der Waals surface area contributed by atoms with Crippen LogP contribution in [0.2, 0.25) is 18.1 Å². The van der Waals surface area contributed by atoms with Crippen LogP contribution >= 0.6 is 0 Å². The molecule has 0 spiro atoms. The van der Waals surface area contributed by atoms with Crippen LogP contribution in [0.5, 0.6) is 0 Å². The zero-order valence-corrected chi connectivity index (χ0v) is 19.2. The van der Waals surface area contributed by atoms with E-state index in [2.05, 4.69) is 53.8 Å². The second kappa shape index (κ2) is 7.79. The molecular formula is C22H40O3Si. The van der Waals surface area contributed by atoms with Crippen LogP contribution in [0.4, 0.5) is 0 Å². The molecule has 0 unspecified atom stereocenters. The molecule has 0 N–H and O–H groups in total. The largest absolute Gasteiger partial charge is 0.466 e. The van der Waals surface area contributed by atoms with Crippen molar-refractivity contribution in [1.29, 1.82) is 0 Å². The highest BCUT2D eigenvalue weighted by Gasteiger charge is 2.54. The molecule has 0 bridgehead atoms. The number of ether oxygens (including phenoxy) is 1. The van der Waals surface area contributed by atoms with Gasteiger partial charge in [-0.3, -0.25) is 0 Å². The summed E-state index contributed by atoms with van der Waals surface area (Å²) >= 11 is 0. The van der Waals surface area contributed by atoms with E-state index in [1.807, 2.05) is 0 Å². The topological polar surface area (TPSA) is 35.5 Å². The molecule has 0 amide bonds. The van der Waals surface area contributed by atoms with Crippen molar-refractivity contribution in [2.75, 3.05) is 7.11 Å². The van der Waals surface area contributed by atoms with Crippen molar-refractivity contribution >= 4 is 14.3 Å². The number of rotatable bonds is 5. The highest BCUT2D eigenvalue weighted by atomic mass is 28.4. The fourth-order valence-corrected chi connectivity index (χ4v) is 6.55. The van der Waals surface area contributed by atoms with Crippen molar-refractivity contribution in [3.63, 3.8) is 0 Å². The van der Waals surface area contributed by atoms with E-state index < -0.39 is 8.32 Å². The lowest BCUT2D eigenvalue weighted by molar-refractivity contribution is -0.134. The molecule has 2 rings (SSSR count). The first-order valence-corrected chi connectivity index (χ1v) is 13.3. The molecule has 0 heterocycles. The van der Waals surface area contributed by atoms with E-state index in [0.29, 0.717) is 29.3 Å². The van der Waals surface area contributed by atoms with Crippen molar-refractivity contribution in [1.82, 2.24) is 0 Å². The Morgan fingerprint density at radius 1 is 1.23 bits per heavy atom. The lowest BCUT2D eigenvalue weighted by Gasteiger charge is -2.49. The van der Waals surface area contributed by atoms with E-state index in [1.165, 1.54) is 39.2 Å². The van der Waals surface area contributed by atoms with Gasteiger partial charge < -0.3 is 9.16 Å². The number of hydrogen-bond donors (Lipinski definition) is 0. The zero-order valence-electron chi connectivity index (χ0n) is 18.2. The monoisotopic (exact) mass is 380 g/mol. The van der Waals surface area contributed by atoms with Crippen LogP contribution < -0.4 is 0 Å². The number of fused-ring (bicyclic) bond motifs is 1. The number of esters is 1. The van der Waals surface area contributed by atoms with Crippen LogP contribution in [-0.2, 0) is 14.0 Å². The Morgan fingerprint density at radius 2 is 1.88 bits per heavy atom. The second-order valence-corrected chi connectivity index (χ2v) is 15.1. The molecule has 0 saturated heterocycles. The SMILES string of the molecule is COC(=O)/C=C/[C@@H](C)[C@H]1CC[C@H]2[C@H](O[Si](C)(C)C(C)(C)C)CCC[C@]12C. The van der Waals surface area contributed by atoms with Gasteiger partial charge in [0.25, 0.3) is 0 Å². The highest BCUT2D eigenvalue weighted by Crippen LogP contribution is 2.59. The summed E-state index contributed by atoms with van der Waals surface area (Å²) in [5, 5.41) is 0.259. The number of carbonyl (C=O) groups is 1. The molecule has 0 radical (unpaired) electrons. The minimum Gasteiger partial charge on any atom is -0.466 e. The lowest BCUT2D eigenvalue weighted by Crippen LogP contribution is -2.50. The third kappa shape index (κ3) is 4.27. The van der Waals surface area contributed by atoms with Gasteiger partial charge in [-0.05, 0) is 67.0 Å². The van der Waals surface area contributed by atoms with Crippen molar-refractivity contribution < 1.29 is 14.0 Å². The molecule has 5 atom stereocenters. The van der Waals surface area contributed by atoms with Gasteiger partial charge in [-0.2, -0.15) is 0 Å². The predicted octanol–water partition coefficient (Wildman–Crippen LogP) is 5.96. The van der Waals surface area contributed by atoms with Crippen molar-refractivity contribution in [3.8, 4) is 0 Å². The molecule has 150 valence electrons. The maximum absolute atomic E-state index is 11.5. The Morgan fingerprint density at radius 3 is 2.46 bits per heavy atom. The van der Waals surface area contributed by atoms with Gasteiger partial charge in [0.2, 0.25) is 0 Å². The summed E-state index contributed by atoms with van der Waals surface area (Å²) in [5.74, 6) is 1.43. The zero-order chi connectivity index (χ0) is 19.8. The van der Waals surface area contributed by atoms with Crippen LogP contribution in [-0.4, -0.2) is 27.5 Å². The van der Waals surface area contributed by atoms with Gasteiger partial charge in [0, 0.05) is 12.2 Å². The van der Waals surface area contributed by atoms with E-state index in [4.69, 9.17) is 9.16 Å². The maximum Gasteiger partial charge on any atom is 0.330 e. The quantitative estimate of drug-likeness (QED) is 0.335. The summed E-state index contributed by atoms with van der Waals surface area (Å²) in [7, 11) is -0.306. The number of carbonyl (C=O) groups excluding carboxylic acids is 1. The third-order valence-electron chi connectivity index (χ3n) is 7.76. The first-order valence-electron chi connectivity index (χ1n) is 10.4. The van der Waals surface area contributed by atoms with Crippen molar-refractivity contribution in [2.45, 2.75) is 91.0 Å². The first kappa shape index (κ1) is 21.7. The number of hydrogen-bond acceptors (Lipinski definition) is 3. The minimum absolute atomic E-state index is 0.251.